The molecule has 1 unspecified atom stereocenters. The van der Waals surface area contributed by atoms with Crippen LogP contribution in [0, 0.1) is 19.8 Å². The van der Waals surface area contributed by atoms with Crippen LogP contribution in [0.5, 0.6) is 0 Å². The van der Waals surface area contributed by atoms with Gasteiger partial charge in [0.1, 0.15) is 6.04 Å². The Morgan fingerprint density at radius 1 is 1.47 bits per heavy atom. The van der Waals surface area contributed by atoms with Gasteiger partial charge in [-0.15, -0.1) is 0 Å². The van der Waals surface area contributed by atoms with E-state index in [2.05, 4.69) is 11.4 Å². The molecule has 0 saturated heterocycles. The highest BCUT2D eigenvalue weighted by Crippen LogP contribution is 2.29. The quantitative estimate of drug-likeness (QED) is 0.813. The minimum atomic E-state index is -0.351. The molecule has 1 aliphatic carbocycles. The summed E-state index contributed by atoms with van der Waals surface area (Å²) in [6.07, 6.45) is 2.54. The Morgan fingerprint density at radius 2 is 2.18 bits per heavy atom. The van der Waals surface area contributed by atoms with Crippen LogP contribution >= 0.6 is 0 Å². The number of rotatable bonds is 5. The van der Waals surface area contributed by atoms with Crippen molar-refractivity contribution < 1.29 is 4.79 Å². The minimum absolute atomic E-state index is 0.292. The molecule has 0 spiro atoms. The fraction of sp³-hybridized carbons (Fsp3) is 0.500. The second-order valence-electron chi connectivity index (χ2n) is 5.05. The maximum absolute atomic E-state index is 11.6. The van der Waals surface area contributed by atoms with E-state index in [0.717, 1.165) is 29.2 Å². The van der Waals surface area contributed by atoms with Gasteiger partial charge in [0.15, 0.2) is 0 Å². The second-order valence-corrected chi connectivity index (χ2v) is 5.05. The molecule has 17 heavy (non-hydrogen) atoms. The lowest BCUT2D eigenvalue weighted by atomic mass is 9.98. The lowest BCUT2D eigenvalue weighted by Gasteiger charge is -2.18. The summed E-state index contributed by atoms with van der Waals surface area (Å²) in [4.78, 5) is 11.6. The molecule has 1 aliphatic rings. The molecule has 3 N–H and O–H groups in total. The Morgan fingerprint density at radius 3 is 2.76 bits per heavy atom. The number of carbonyl (C=O) groups excluding carboxylic acids is 1. The third-order valence-electron chi connectivity index (χ3n) is 3.34. The fourth-order valence-corrected chi connectivity index (χ4v) is 2.04. The van der Waals surface area contributed by atoms with E-state index in [0.29, 0.717) is 0 Å². The molecule has 1 aromatic rings. The van der Waals surface area contributed by atoms with Crippen molar-refractivity contribution in [3.05, 3.63) is 34.9 Å². The first kappa shape index (κ1) is 12.1. The average molecular weight is 232 g/mol. The summed E-state index contributed by atoms with van der Waals surface area (Å²) in [7, 11) is 0. The molecule has 1 atom stereocenters. The number of amides is 1. The molecule has 1 aromatic carbocycles. The van der Waals surface area contributed by atoms with Crippen molar-refractivity contribution in [3.8, 4) is 0 Å². The Kier molecular flexibility index (Phi) is 3.48. The number of primary amides is 1. The summed E-state index contributed by atoms with van der Waals surface area (Å²) in [5, 5.41) is 3.29. The smallest absolute Gasteiger partial charge is 0.239 e. The number of nitrogens with two attached hydrogens (primary N) is 1. The molecule has 0 bridgehead atoms. The van der Waals surface area contributed by atoms with Crippen molar-refractivity contribution in [2.45, 2.75) is 32.7 Å². The predicted octanol–water partition coefficient (Wildman–Crippen LogP) is 1.83. The van der Waals surface area contributed by atoms with Crippen LogP contribution in [0.2, 0.25) is 0 Å². The molecular weight excluding hydrogens is 212 g/mol. The summed E-state index contributed by atoms with van der Waals surface area (Å²) < 4.78 is 0. The van der Waals surface area contributed by atoms with E-state index in [4.69, 9.17) is 5.73 Å². The van der Waals surface area contributed by atoms with Gasteiger partial charge in [-0.25, -0.2) is 0 Å². The number of aryl methyl sites for hydroxylation is 2. The number of benzene rings is 1. The molecule has 0 heterocycles. The molecule has 92 valence electrons. The Labute approximate surface area is 102 Å². The van der Waals surface area contributed by atoms with Crippen molar-refractivity contribution >= 4 is 5.91 Å². The van der Waals surface area contributed by atoms with Crippen molar-refractivity contribution in [3.63, 3.8) is 0 Å². The molecular formula is C14H20N2O. The fourth-order valence-electron chi connectivity index (χ4n) is 2.04. The molecule has 3 heteroatoms. The van der Waals surface area contributed by atoms with Crippen LogP contribution in [-0.4, -0.2) is 12.5 Å². The van der Waals surface area contributed by atoms with Gasteiger partial charge >= 0.3 is 0 Å². The maximum atomic E-state index is 11.6. The first-order chi connectivity index (χ1) is 8.08. The molecule has 1 saturated carbocycles. The van der Waals surface area contributed by atoms with E-state index in [1.54, 1.807) is 0 Å². The van der Waals surface area contributed by atoms with Crippen LogP contribution in [0.1, 0.15) is 35.6 Å². The van der Waals surface area contributed by atoms with E-state index in [-0.39, 0.29) is 11.9 Å². The number of nitrogens with one attached hydrogen (secondary N) is 1. The highest BCUT2D eigenvalue weighted by atomic mass is 16.1. The summed E-state index contributed by atoms with van der Waals surface area (Å²) in [5.74, 6) is 0.446. The summed E-state index contributed by atoms with van der Waals surface area (Å²) in [6.45, 7) is 4.94. The van der Waals surface area contributed by atoms with Gasteiger partial charge in [0.2, 0.25) is 5.91 Å². The van der Waals surface area contributed by atoms with Crippen LogP contribution in [0.4, 0.5) is 0 Å². The third kappa shape index (κ3) is 3.07. The van der Waals surface area contributed by atoms with Crippen molar-refractivity contribution in [2.24, 2.45) is 11.7 Å². The maximum Gasteiger partial charge on any atom is 0.239 e. The number of hydrogen-bond donors (Lipinski definition) is 2. The predicted molar refractivity (Wildman–Crippen MR) is 68.6 cm³/mol. The summed E-state index contributed by atoms with van der Waals surface area (Å²) >= 11 is 0. The Hall–Kier alpha value is -1.35. The average Bonchev–Trinajstić information content (AvgIpc) is 3.06. The third-order valence-corrected chi connectivity index (χ3v) is 3.34. The summed E-state index contributed by atoms with van der Waals surface area (Å²) in [5.41, 5.74) is 8.78. The van der Waals surface area contributed by atoms with E-state index in [1.165, 1.54) is 12.8 Å². The van der Waals surface area contributed by atoms with Crippen molar-refractivity contribution in [2.75, 3.05) is 6.54 Å². The lowest BCUT2D eigenvalue weighted by Crippen LogP contribution is -2.35. The normalized spacial score (nSPS) is 16.8. The van der Waals surface area contributed by atoms with Crippen LogP contribution < -0.4 is 11.1 Å². The van der Waals surface area contributed by atoms with Crippen LogP contribution in [0.3, 0.4) is 0 Å². The topological polar surface area (TPSA) is 55.1 Å². The minimum Gasteiger partial charge on any atom is -0.368 e. The lowest BCUT2D eigenvalue weighted by molar-refractivity contribution is -0.120. The van der Waals surface area contributed by atoms with Gasteiger partial charge in [0.25, 0.3) is 0 Å². The molecule has 2 rings (SSSR count). The highest BCUT2D eigenvalue weighted by molar-refractivity contribution is 5.82. The monoisotopic (exact) mass is 232 g/mol. The zero-order valence-corrected chi connectivity index (χ0v) is 10.5. The SMILES string of the molecule is Cc1ccc(C)c(C(NCC2CC2)C(N)=O)c1. The molecule has 0 radical (unpaired) electrons. The van der Waals surface area contributed by atoms with Crippen LogP contribution in [0.25, 0.3) is 0 Å². The molecule has 1 amide bonds. The van der Waals surface area contributed by atoms with Gasteiger partial charge in [0, 0.05) is 0 Å². The Balaban J connectivity index is 2.17. The van der Waals surface area contributed by atoms with Crippen LogP contribution in [0.15, 0.2) is 18.2 Å². The molecule has 0 aromatic heterocycles. The van der Waals surface area contributed by atoms with Gasteiger partial charge in [-0.3, -0.25) is 4.79 Å². The van der Waals surface area contributed by atoms with Crippen LogP contribution in [-0.2, 0) is 4.79 Å². The molecule has 3 nitrogen and oxygen atoms in total. The van der Waals surface area contributed by atoms with E-state index >= 15 is 0 Å². The van der Waals surface area contributed by atoms with Gasteiger partial charge in [-0.05, 0) is 50.3 Å². The molecule has 1 fully saturated rings. The Bertz CT molecular complexity index is 424. The van der Waals surface area contributed by atoms with Gasteiger partial charge < -0.3 is 11.1 Å². The van der Waals surface area contributed by atoms with Gasteiger partial charge in [-0.1, -0.05) is 23.8 Å². The van der Waals surface area contributed by atoms with Gasteiger partial charge in [0.05, 0.1) is 0 Å². The van der Waals surface area contributed by atoms with E-state index < -0.39 is 0 Å². The second kappa shape index (κ2) is 4.88. The highest BCUT2D eigenvalue weighted by Gasteiger charge is 2.25. The van der Waals surface area contributed by atoms with E-state index in [9.17, 15) is 4.79 Å². The van der Waals surface area contributed by atoms with E-state index in [1.807, 2.05) is 26.0 Å². The standard InChI is InChI=1S/C14H20N2O/c1-9-3-4-10(2)12(7-9)13(14(15)17)16-8-11-5-6-11/h3-4,7,11,13,16H,5-6,8H2,1-2H3,(H2,15,17). The zero-order chi connectivity index (χ0) is 12.4. The number of carbonyl (C=O) groups is 1. The first-order valence-electron chi connectivity index (χ1n) is 6.18. The molecule has 0 aliphatic heterocycles. The first-order valence-corrected chi connectivity index (χ1v) is 6.18. The zero-order valence-electron chi connectivity index (χ0n) is 10.5. The van der Waals surface area contributed by atoms with Crippen molar-refractivity contribution in [1.29, 1.82) is 0 Å². The number of hydrogen-bond acceptors (Lipinski definition) is 2. The summed E-state index contributed by atoms with van der Waals surface area (Å²) in [6, 6.07) is 5.79. The largest absolute Gasteiger partial charge is 0.368 e. The van der Waals surface area contributed by atoms with Gasteiger partial charge in [-0.2, -0.15) is 0 Å². The van der Waals surface area contributed by atoms with Crippen molar-refractivity contribution in [1.82, 2.24) is 5.32 Å².